The second kappa shape index (κ2) is 6.19. The number of fused-ring (bicyclic) bond motifs is 1. The standard InChI is InChI=1S/C15H14Cl2N2O4/c1-22-15-6(4-18)12-8(19-15)2-7(16)14(17)13(12)10-3-9(21)11(5-20)23-10/h2,9-11,19-21H,3,5H2,1H3/t9-,10+,11+/m0/s1. The van der Waals surface area contributed by atoms with Crippen LogP contribution in [0.1, 0.15) is 23.7 Å². The molecule has 2 aromatic rings. The van der Waals surface area contributed by atoms with Crippen LogP contribution in [-0.4, -0.2) is 41.1 Å². The van der Waals surface area contributed by atoms with Gasteiger partial charge in [0, 0.05) is 17.4 Å². The molecule has 8 heteroatoms. The van der Waals surface area contributed by atoms with Crippen LogP contribution in [0.2, 0.25) is 10.0 Å². The number of benzene rings is 1. The lowest BCUT2D eigenvalue weighted by Crippen LogP contribution is -2.24. The Bertz CT molecular complexity index is 799. The van der Waals surface area contributed by atoms with Crippen molar-refractivity contribution in [3.05, 3.63) is 27.2 Å². The Hall–Kier alpha value is -1.49. The summed E-state index contributed by atoms with van der Waals surface area (Å²) in [5.41, 5.74) is 1.40. The highest BCUT2D eigenvalue weighted by atomic mass is 35.5. The van der Waals surface area contributed by atoms with E-state index in [1.54, 1.807) is 6.07 Å². The summed E-state index contributed by atoms with van der Waals surface area (Å²) in [6, 6.07) is 3.70. The number of aromatic amines is 1. The summed E-state index contributed by atoms with van der Waals surface area (Å²) in [6.07, 6.45) is -1.85. The molecule has 0 bridgehead atoms. The summed E-state index contributed by atoms with van der Waals surface area (Å²) in [5, 5.41) is 29.8. The molecule has 0 radical (unpaired) electrons. The van der Waals surface area contributed by atoms with E-state index in [0.29, 0.717) is 32.9 Å². The van der Waals surface area contributed by atoms with Gasteiger partial charge in [-0.3, -0.25) is 0 Å². The number of nitriles is 1. The van der Waals surface area contributed by atoms with Crippen molar-refractivity contribution in [3.63, 3.8) is 0 Å². The van der Waals surface area contributed by atoms with Gasteiger partial charge in [-0.25, -0.2) is 0 Å². The first-order chi connectivity index (χ1) is 11.0. The predicted octanol–water partition coefficient (Wildman–Crippen LogP) is 2.54. The van der Waals surface area contributed by atoms with Crippen LogP contribution < -0.4 is 4.74 Å². The fourth-order valence-corrected chi connectivity index (χ4v) is 3.43. The molecule has 23 heavy (non-hydrogen) atoms. The zero-order valence-electron chi connectivity index (χ0n) is 12.1. The highest BCUT2D eigenvalue weighted by molar-refractivity contribution is 6.43. The van der Waals surface area contributed by atoms with Crippen molar-refractivity contribution in [2.24, 2.45) is 0 Å². The Morgan fingerprint density at radius 2 is 2.26 bits per heavy atom. The summed E-state index contributed by atoms with van der Waals surface area (Å²) in [4.78, 5) is 2.98. The molecule has 0 saturated carbocycles. The van der Waals surface area contributed by atoms with Crippen LogP contribution in [-0.2, 0) is 4.74 Å². The molecule has 1 aliphatic heterocycles. The maximum absolute atomic E-state index is 9.97. The normalized spacial score (nSPS) is 24.1. The van der Waals surface area contributed by atoms with Crippen LogP contribution in [0.3, 0.4) is 0 Å². The van der Waals surface area contributed by atoms with Gasteiger partial charge in [0.1, 0.15) is 17.7 Å². The molecule has 2 heterocycles. The van der Waals surface area contributed by atoms with E-state index in [-0.39, 0.29) is 18.1 Å². The molecule has 0 aliphatic carbocycles. The SMILES string of the molecule is COc1[nH]c2cc(Cl)c(Cl)c([C@H]3C[C@H](O)[C@@H](CO)O3)c2c1C#N. The minimum Gasteiger partial charge on any atom is -0.481 e. The number of rotatable bonds is 3. The third-order valence-corrected chi connectivity index (χ3v) is 4.82. The molecule has 3 rings (SSSR count). The lowest BCUT2D eigenvalue weighted by atomic mass is 9.98. The summed E-state index contributed by atoms with van der Waals surface area (Å²) >= 11 is 12.5. The molecule has 1 aromatic heterocycles. The van der Waals surface area contributed by atoms with E-state index in [2.05, 4.69) is 11.1 Å². The average molecular weight is 357 g/mol. The third-order valence-electron chi connectivity index (χ3n) is 4.02. The Morgan fingerprint density at radius 1 is 1.52 bits per heavy atom. The van der Waals surface area contributed by atoms with E-state index in [0.717, 1.165) is 0 Å². The van der Waals surface area contributed by atoms with Gasteiger partial charge in [0.15, 0.2) is 0 Å². The molecule has 122 valence electrons. The fourth-order valence-electron chi connectivity index (χ4n) is 2.95. The van der Waals surface area contributed by atoms with Crippen molar-refractivity contribution >= 4 is 34.1 Å². The van der Waals surface area contributed by atoms with Crippen molar-refractivity contribution in [2.75, 3.05) is 13.7 Å². The summed E-state index contributed by atoms with van der Waals surface area (Å²) < 4.78 is 10.9. The Balaban J connectivity index is 2.25. The van der Waals surface area contributed by atoms with Crippen LogP contribution in [0.25, 0.3) is 10.9 Å². The van der Waals surface area contributed by atoms with Gasteiger partial charge in [-0.15, -0.1) is 0 Å². The number of ether oxygens (including phenoxy) is 2. The molecule has 1 aromatic carbocycles. The largest absolute Gasteiger partial charge is 0.481 e. The van der Waals surface area contributed by atoms with Gasteiger partial charge in [0.2, 0.25) is 5.88 Å². The van der Waals surface area contributed by atoms with Crippen molar-refractivity contribution in [1.82, 2.24) is 4.98 Å². The van der Waals surface area contributed by atoms with E-state index in [1.807, 2.05) is 0 Å². The van der Waals surface area contributed by atoms with Gasteiger partial charge in [-0.05, 0) is 6.07 Å². The van der Waals surface area contributed by atoms with Gasteiger partial charge in [0.05, 0.1) is 41.5 Å². The molecule has 6 nitrogen and oxygen atoms in total. The highest BCUT2D eigenvalue weighted by Gasteiger charge is 2.37. The summed E-state index contributed by atoms with van der Waals surface area (Å²) in [5.74, 6) is 0.305. The quantitative estimate of drug-likeness (QED) is 0.784. The molecule has 3 N–H and O–H groups in total. The van der Waals surface area contributed by atoms with Gasteiger partial charge in [-0.1, -0.05) is 23.2 Å². The second-order valence-electron chi connectivity index (χ2n) is 5.30. The molecule has 1 fully saturated rings. The number of hydrogen-bond donors (Lipinski definition) is 3. The Labute approximate surface area is 142 Å². The smallest absolute Gasteiger partial charge is 0.210 e. The molecule has 0 spiro atoms. The van der Waals surface area contributed by atoms with Crippen LogP contribution in [0.4, 0.5) is 0 Å². The minimum absolute atomic E-state index is 0.249. The van der Waals surface area contributed by atoms with Gasteiger partial charge >= 0.3 is 0 Å². The molecular weight excluding hydrogens is 343 g/mol. The fraction of sp³-hybridized carbons (Fsp3) is 0.400. The first-order valence-corrected chi connectivity index (χ1v) is 7.69. The van der Waals surface area contributed by atoms with Gasteiger partial charge in [-0.2, -0.15) is 5.26 Å². The number of aromatic nitrogens is 1. The van der Waals surface area contributed by atoms with Crippen molar-refractivity contribution in [3.8, 4) is 11.9 Å². The highest BCUT2D eigenvalue weighted by Crippen LogP contribution is 2.45. The van der Waals surface area contributed by atoms with Crippen LogP contribution in [0.5, 0.6) is 5.88 Å². The zero-order chi connectivity index (χ0) is 16.7. The summed E-state index contributed by atoms with van der Waals surface area (Å²) in [6.45, 7) is -0.305. The minimum atomic E-state index is -0.818. The number of nitrogens with one attached hydrogen (secondary N) is 1. The zero-order valence-corrected chi connectivity index (χ0v) is 13.6. The number of H-pyrrole nitrogens is 1. The number of methoxy groups -OCH3 is 1. The van der Waals surface area contributed by atoms with E-state index in [4.69, 9.17) is 32.7 Å². The molecule has 0 amide bonds. The topological polar surface area (TPSA) is 98.5 Å². The van der Waals surface area contributed by atoms with Gasteiger partial charge < -0.3 is 24.7 Å². The lowest BCUT2D eigenvalue weighted by Gasteiger charge is -2.16. The number of nitrogens with zero attached hydrogens (tertiary/aromatic N) is 1. The van der Waals surface area contributed by atoms with Crippen LogP contribution in [0.15, 0.2) is 6.07 Å². The number of halogens is 2. The lowest BCUT2D eigenvalue weighted by molar-refractivity contribution is -0.0221. The molecular formula is C15H14Cl2N2O4. The van der Waals surface area contributed by atoms with Crippen molar-refractivity contribution < 1.29 is 19.7 Å². The number of aliphatic hydroxyl groups is 2. The van der Waals surface area contributed by atoms with E-state index in [9.17, 15) is 15.5 Å². The number of aliphatic hydroxyl groups excluding tert-OH is 2. The molecule has 1 aliphatic rings. The van der Waals surface area contributed by atoms with Crippen molar-refractivity contribution in [1.29, 1.82) is 5.26 Å². The van der Waals surface area contributed by atoms with Gasteiger partial charge in [0.25, 0.3) is 0 Å². The van der Waals surface area contributed by atoms with E-state index >= 15 is 0 Å². The van der Waals surface area contributed by atoms with Crippen molar-refractivity contribution in [2.45, 2.75) is 24.7 Å². The molecule has 3 atom stereocenters. The third kappa shape index (κ3) is 2.55. The van der Waals surface area contributed by atoms with E-state index < -0.39 is 18.3 Å². The monoisotopic (exact) mass is 356 g/mol. The van der Waals surface area contributed by atoms with Crippen LogP contribution >= 0.6 is 23.2 Å². The predicted molar refractivity (Wildman–Crippen MR) is 84.9 cm³/mol. The molecule has 1 saturated heterocycles. The maximum Gasteiger partial charge on any atom is 0.210 e. The van der Waals surface area contributed by atoms with Crippen LogP contribution in [0, 0.1) is 11.3 Å². The van der Waals surface area contributed by atoms with E-state index in [1.165, 1.54) is 7.11 Å². The maximum atomic E-state index is 9.97. The first-order valence-electron chi connectivity index (χ1n) is 6.93. The summed E-state index contributed by atoms with van der Waals surface area (Å²) in [7, 11) is 1.45. The molecule has 0 unspecified atom stereocenters. The average Bonchev–Trinajstić information content (AvgIpc) is 3.08. The first kappa shape index (κ1) is 16.4. The number of hydrogen-bond acceptors (Lipinski definition) is 5. The Morgan fingerprint density at radius 3 is 2.83 bits per heavy atom. The Kier molecular flexibility index (Phi) is 4.41. The second-order valence-corrected chi connectivity index (χ2v) is 6.09.